The number of pyridine rings is 1. The van der Waals surface area contributed by atoms with Crippen molar-refractivity contribution in [1.82, 2.24) is 4.98 Å². The maximum Gasteiger partial charge on any atom is 0.311 e. The molecule has 0 N–H and O–H groups in total. The number of nitrogens with zero attached hydrogens (tertiary/aromatic N) is 2. The zero-order valence-corrected chi connectivity index (χ0v) is 12.5. The predicted molar refractivity (Wildman–Crippen MR) is 78.7 cm³/mol. The summed E-state index contributed by atoms with van der Waals surface area (Å²) in [5.41, 5.74) is 1.61. The van der Waals surface area contributed by atoms with Gasteiger partial charge in [-0.15, -0.1) is 0 Å². The van der Waals surface area contributed by atoms with E-state index in [1.54, 1.807) is 24.4 Å². The third-order valence-electron chi connectivity index (χ3n) is 2.79. The molecular formula is C14H13BrN2O3. The molecule has 0 saturated heterocycles. The van der Waals surface area contributed by atoms with Crippen molar-refractivity contribution in [2.24, 2.45) is 0 Å². The molecule has 0 amide bonds. The van der Waals surface area contributed by atoms with Gasteiger partial charge in [0.25, 0.3) is 0 Å². The number of hydrogen-bond donors (Lipinski definition) is 0. The number of aryl methyl sites for hydroxylation is 1. The summed E-state index contributed by atoms with van der Waals surface area (Å²) in [4.78, 5) is 14.8. The largest absolute Gasteiger partial charge is 0.480 e. The van der Waals surface area contributed by atoms with Crippen molar-refractivity contribution in [3.8, 4) is 5.75 Å². The lowest BCUT2D eigenvalue weighted by Gasteiger charge is -2.07. The van der Waals surface area contributed by atoms with Gasteiger partial charge < -0.3 is 4.74 Å². The minimum atomic E-state index is -0.427. The normalized spacial score (nSPS) is 10.3. The lowest BCUT2D eigenvalue weighted by atomic mass is 10.1. The first kappa shape index (κ1) is 14.5. The Morgan fingerprint density at radius 2 is 2.15 bits per heavy atom. The van der Waals surface area contributed by atoms with E-state index in [1.165, 1.54) is 0 Å². The number of rotatable bonds is 5. The van der Waals surface area contributed by atoms with Crippen molar-refractivity contribution in [1.29, 1.82) is 0 Å². The first-order valence-electron chi connectivity index (χ1n) is 6.10. The highest BCUT2D eigenvalue weighted by Gasteiger charge is 2.15. The molecule has 0 fully saturated rings. The molecule has 104 valence electrons. The first-order chi connectivity index (χ1) is 9.60. The molecule has 2 rings (SSSR count). The molecule has 1 aromatic heterocycles. The fraction of sp³-hybridized carbons (Fsp3) is 0.214. The zero-order chi connectivity index (χ0) is 14.5. The summed E-state index contributed by atoms with van der Waals surface area (Å²) in [5, 5.41) is 11.0. The van der Waals surface area contributed by atoms with Gasteiger partial charge in [-0.3, -0.25) is 15.1 Å². The monoisotopic (exact) mass is 336 g/mol. The van der Waals surface area contributed by atoms with Crippen molar-refractivity contribution in [3.05, 3.63) is 62.4 Å². The van der Waals surface area contributed by atoms with Crippen LogP contribution in [0.3, 0.4) is 0 Å². The van der Waals surface area contributed by atoms with E-state index in [0.717, 1.165) is 16.5 Å². The van der Waals surface area contributed by atoms with Crippen LogP contribution in [0.5, 0.6) is 5.75 Å². The summed E-state index contributed by atoms with van der Waals surface area (Å²) >= 11 is 3.30. The summed E-state index contributed by atoms with van der Waals surface area (Å²) in [5.74, 6) is 0.261. The molecule has 20 heavy (non-hydrogen) atoms. The van der Waals surface area contributed by atoms with E-state index in [-0.39, 0.29) is 18.0 Å². The van der Waals surface area contributed by atoms with Crippen LogP contribution in [0.15, 0.2) is 41.0 Å². The predicted octanol–water partition coefficient (Wildman–Crippen LogP) is 3.89. The van der Waals surface area contributed by atoms with E-state index in [0.29, 0.717) is 5.69 Å². The zero-order valence-electron chi connectivity index (χ0n) is 10.9. The Bertz CT molecular complexity index is 614. The average Bonchev–Trinajstić information content (AvgIpc) is 2.46. The second kappa shape index (κ2) is 6.47. The highest BCUT2D eigenvalue weighted by molar-refractivity contribution is 9.10. The van der Waals surface area contributed by atoms with Gasteiger partial charge in [0, 0.05) is 16.7 Å². The van der Waals surface area contributed by atoms with Crippen LogP contribution in [0.4, 0.5) is 5.69 Å². The van der Waals surface area contributed by atoms with E-state index in [2.05, 4.69) is 20.9 Å². The second-order valence-electron chi connectivity index (χ2n) is 4.17. The van der Waals surface area contributed by atoms with Crippen LogP contribution >= 0.6 is 15.9 Å². The van der Waals surface area contributed by atoms with Gasteiger partial charge in [0.2, 0.25) is 0 Å². The number of hydrogen-bond acceptors (Lipinski definition) is 4. The second-order valence-corrected chi connectivity index (χ2v) is 5.08. The van der Waals surface area contributed by atoms with Crippen molar-refractivity contribution in [2.45, 2.75) is 20.0 Å². The molecule has 0 saturated carbocycles. The van der Waals surface area contributed by atoms with Gasteiger partial charge in [0.1, 0.15) is 6.61 Å². The van der Waals surface area contributed by atoms with Crippen LogP contribution in [0.2, 0.25) is 0 Å². The van der Waals surface area contributed by atoms with Gasteiger partial charge in [-0.1, -0.05) is 13.0 Å². The van der Waals surface area contributed by atoms with Gasteiger partial charge in [-0.05, 0) is 46.1 Å². The van der Waals surface area contributed by atoms with Crippen molar-refractivity contribution in [3.63, 3.8) is 0 Å². The number of nitro groups is 1. The quantitative estimate of drug-likeness (QED) is 0.613. The summed E-state index contributed by atoms with van der Waals surface area (Å²) in [7, 11) is 0. The Hall–Kier alpha value is -1.95. The summed E-state index contributed by atoms with van der Waals surface area (Å²) in [6.07, 6.45) is 2.41. The van der Waals surface area contributed by atoms with E-state index in [1.807, 2.05) is 19.1 Å². The minimum Gasteiger partial charge on any atom is -0.480 e. The number of halogens is 1. The molecule has 5 nitrogen and oxygen atoms in total. The van der Waals surface area contributed by atoms with Crippen LogP contribution < -0.4 is 4.74 Å². The van der Waals surface area contributed by atoms with Crippen LogP contribution in [-0.2, 0) is 13.0 Å². The summed E-state index contributed by atoms with van der Waals surface area (Å²) in [6.45, 7) is 2.14. The van der Waals surface area contributed by atoms with E-state index in [4.69, 9.17) is 4.74 Å². The Balaban J connectivity index is 2.16. The topological polar surface area (TPSA) is 65.3 Å². The molecule has 0 atom stereocenters. The third kappa shape index (κ3) is 3.54. The summed E-state index contributed by atoms with van der Waals surface area (Å²) in [6, 6.07) is 8.66. The van der Waals surface area contributed by atoms with Gasteiger partial charge in [0.05, 0.1) is 10.6 Å². The van der Waals surface area contributed by atoms with Crippen molar-refractivity contribution < 1.29 is 9.66 Å². The molecule has 0 aliphatic rings. The highest BCUT2D eigenvalue weighted by atomic mass is 79.9. The van der Waals surface area contributed by atoms with Crippen LogP contribution in [0.25, 0.3) is 0 Å². The molecule has 2 aromatic rings. The maximum atomic E-state index is 11.0. The molecule has 1 heterocycles. The van der Waals surface area contributed by atoms with Crippen molar-refractivity contribution in [2.75, 3.05) is 0 Å². The number of ether oxygens (including phenoxy) is 1. The van der Waals surface area contributed by atoms with Gasteiger partial charge in [-0.25, -0.2) is 0 Å². The number of benzene rings is 1. The molecular weight excluding hydrogens is 324 g/mol. The van der Waals surface area contributed by atoms with Crippen molar-refractivity contribution >= 4 is 21.6 Å². The van der Waals surface area contributed by atoms with E-state index in [9.17, 15) is 10.1 Å². The Labute approximate surface area is 124 Å². The number of nitro benzene ring substituents is 1. The fourth-order valence-corrected chi connectivity index (χ4v) is 1.93. The first-order valence-corrected chi connectivity index (χ1v) is 6.90. The Kier molecular flexibility index (Phi) is 4.68. The molecule has 0 radical (unpaired) electrons. The van der Waals surface area contributed by atoms with Gasteiger partial charge in [-0.2, -0.15) is 0 Å². The maximum absolute atomic E-state index is 11.0. The van der Waals surface area contributed by atoms with Crippen LogP contribution in [0, 0.1) is 10.1 Å². The lowest BCUT2D eigenvalue weighted by Crippen LogP contribution is -2.01. The van der Waals surface area contributed by atoms with E-state index >= 15 is 0 Å². The Morgan fingerprint density at radius 1 is 1.35 bits per heavy atom. The van der Waals surface area contributed by atoms with Crippen LogP contribution in [-0.4, -0.2) is 9.91 Å². The van der Waals surface area contributed by atoms with Gasteiger partial charge in [0.15, 0.2) is 5.75 Å². The molecule has 1 aromatic carbocycles. The third-order valence-corrected chi connectivity index (χ3v) is 3.26. The fourth-order valence-electron chi connectivity index (χ4n) is 1.69. The number of aromatic nitrogens is 1. The molecule has 6 heteroatoms. The molecule has 0 spiro atoms. The highest BCUT2D eigenvalue weighted by Crippen LogP contribution is 2.28. The molecule has 0 aliphatic carbocycles. The molecule has 0 unspecified atom stereocenters. The average molecular weight is 337 g/mol. The van der Waals surface area contributed by atoms with E-state index < -0.39 is 4.92 Å². The lowest BCUT2D eigenvalue weighted by molar-refractivity contribution is -0.386. The molecule has 0 bridgehead atoms. The standard InChI is InChI=1S/C14H13BrN2O3/c1-2-10-3-6-14(13(7-10)17(18)19)20-9-12-5-4-11(15)8-16-12/h3-8H,2,9H2,1H3. The Morgan fingerprint density at radius 3 is 2.75 bits per heavy atom. The molecule has 0 aliphatic heterocycles. The smallest absolute Gasteiger partial charge is 0.311 e. The minimum absolute atomic E-state index is 0.0125. The summed E-state index contributed by atoms with van der Waals surface area (Å²) < 4.78 is 6.38. The van der Waals surface area contributed by atoms with Crippen LogP contribution in [0.1, 0.15) is 18.2 Å². The van der Waals surface area contributed by atoms with Gasteiger partial charge >= 0.3 is 5.69 Å². The SMILES string of the molecule is CCc1ccc(OCc2ccc(Br)cn2)c([N+](=O)[O-])c1.